The second-order valence-corrected chi connectivity index (χ2v) is 5.26. The Labute approximate surface area is 98.5 Å². The third-order valence-electron chi connectivity index (χ3n) is 3.41. The Morgan fingerprint density at radius 2 is 1.88 bits per heavy atom. The standard InChI is InChI=1S/C12H24N2O2/c1-10(2)16-11(15)14(5)9-12(13(3)4)7-6-8-12/h10H,6-9H2,1-5H3. The van der Waals surface area contributed by atoms with E-state index in [4.69, 9.17) is 4.74 Å². The first-order valence-electron chi connectivity index (χ1n) is 5.96. The van der Waals surface area contributed by atoms with Gasteiger partial charge in [0.05, 0.1) is 6.10 Å². The molecule has 0 aromatic heterocycles. The maximum absolute atomic E-state index is 11.7. The molecule has 0 spiro atoms. The molecule has 1 amide bonds. The van der Waals surface area contributed by atoms with Gasteiger partial charge in [0.2, 0.25) is 0 Å². The molecule has 0 N–H and O–H groups in total. The summed E-state index contributed by atoms with van der Waals surface area (Å²) in [6, 6.07) is 0. The van der Waals surface area contributed by atoms with Gasteiger partial charge < -0.3 is 14.5 Å². The van der Waals surface area contributed by atoms with Gasteiger partial charge in [-0.3, -0.25) is 0 Å². The van der Waals surface area contributed by atoms with E-state index in [0.717, 1.165) is 6.54 Å². The summed E-state index contributed by atoms with van der Waals surface area (Å²) in [6.07, 6.45) is 3.32. The van der Waals surface area contributed by atoms with Gasteiger partial charge in [-0.25, -0.2) is 4.79 Å². The fraction of sp³-hybridized carbons (Fsp3) is 0.917. The van der Waals surface area contributed by atoms with Crippen LogP contribution in [0.4, 0.5) is 4.79 Å². The van der Waals surface area contributed by atoms with E-state index in [2.05, 4.69) is 19.0 Å². The van der Waals surface area contributed by atoms with Gasteiger partial charge in [0.25, 0.3) is 0 Å². The third-order valence-corrected chi connectivity index (χ3v) is 3.41. The second kappa shape index (κ2) is 5.04. The molecule has 94 valence electrons. The lowest BCUT2D eigenvalue weighted by Gasteiger charge is -2.49. The summed E-state index contributed by atoms with van der Waals surface area (Å²) < 4.78 is 5.17. The van der Waals surface area contributed by atoms with Crippen LogP contribution >= 0.6 is 0 Å². The maximum Gasteiger partial charge on any atom is 0.409 e. The maximum atomic E-state index is 11.7. The fourth-order valence-corrected chi connectivity index (χ4v) is 2.13. The van der Waals surface area contributed by atoms with Crippen molar-refractivity contribution in [2.24, 2.45) is 0 Å². The van der Waals surface area contributed by atoms with E-state index < -0.39 is 0 Å². The molecule has 1 fully saturated rings. The highest BCUT2D eigenvalue weighted by Gasteiger charge is 2.40. The first kappa shape index (κ1) is 13.3. The topological polar surface area (TPSA) is 32.8 Å². The molecule has 0 aromatic rings. The molecule has 1 rings (SSSR count). The van der Waals surface area contributed by atoms with Crippen molar-refractivity contribution in [2.45, 2.75) is 44.8 Å². The number of amides is 1. The summed E-state index contributed by atoms with van der Waals surface area (Å²) >= 11 is 0. The van der Waals surface area contributed by atoms with Crippen LogP contribution in [0, 0.1) is 0 Å². The Balaban J connectivity index is 2.49. The minimum Gasteiger partial charge on any atom is -0.447 e. The highest BCUT2D eigenvalue weighted by atomic mass is 16.6. The van der Waals surface area contributed by atoms with Crippen molar-refractivity contribution in [1.82, 2.24) is 9.80 Å². The molecule has 4 heteroatoms. The highest BCUT2D eigenvalue weighted by Crippen LogP contribution is 2.36. The zero-order chi connectivity index (χ0) is 12.3. The predicted octanol–water partition coefficient (Wildman–Crippen LogP) is 1.95. The highest BCUT2D eigenvalue weighted by molar-refractivity contribution is 5.67. The predicted molar refractivity (Wildman–Crippen MR) is 64.5 cm³/mol. The zero-order valence-electron chi connectivity index (χ0n) is 11.1. The number of rotatable bonds is 4. The average molecular weight is 228 g/mol. The summed E-state index contributed by atoms with van der Waals surface area (Å²) in [5, 5.41) is 0. The summed E-state index contributed by atoms with van der Waals surface area (Å²) in [5.41, 5.74) is 0.171. The third kappa shape index (κ3) is 2.88. The molecule has 0 radical (unpaired) electrons. The molecule has 0 heterocycles. The number of likely N-dealkylation sites (N-methyl/N-ethyl adjacent to an activating group) is 2. The zero-order valence-corrected chi connectivity index (χ0v) is 11.1. The summed E-state index contributed by atoms with van der Waals surface area (Å²) in [6.45, 7) is 4.50. The number of nitrogens with zero attached hydrogens (tertiary/aromatic N) is 2. The molecule has 1 aliphatic carbocycles. The Morgan fingerprint density at radius 1 is 1.31 bits per heavy atom. The van der Waals surface area contributed by atoms with Gasteiger partial charge in [0, 0.05) is 19.1 Å². The van der Waals surface area contributed by atoms with Crippen molar-refractivity contribution in [3.05, 3.63) is 0 Å². The first-order valence-corrected chi connectivity index (χ1v) is 5.96. The molecular weight excluding hydrogens is 204 g/mol. The molecule has 4 nitrogen and oxygen atoms in total. The average Bonchev–Trinajstić information content (AvgIpc) is 2.08. The SMILES string of the molecule is CC(C)OC(=O)N(C)CC1(N(C)C)CCC1. The molecule has 0 atom stereocenters. The van der Waals surface area contributed by atoms with Crippen molar-refractivity contribution < 1.29 is 9.53 Å². The van der Waals surface area contributed by atoms with E-state index in [1.807, 2.05) is 20.9 Å². The molecular formula is C12H24N2O2. The van der Waals surface area contributed by atoms with Crippen LogP contribution in [-0.4, -0.2) is 55.2 Å². The van der Waals surface area contributed by atoms with Crippen LogP contribution in [-0.2, 0) is 4.74 Å². The van der Waals surface area contributed by atoms with E-state index in [0.29, 0.717) is 0 Å². The number of ether oxygens (including phenoxy) is 1. The van der Waals surface area contributed by atoms with E-state index in [9.17, 15) is 4.79 Å². The van der Waals surface area contributed by atoms with E-state index in [1.165, 1.54) is 19.3 Å². The van der Waals surface area contributed by atoms with E-state index >= 15 is 0 Å². The van der Waals surface area contributed by atoms with Crippen molar-refractivity contribution in [1.29, 1.82) is 0 Å². The minimum atomic E-state index is -0.219. The van der Waals surface area contributed by atoms with Gasteiger partial charge in [0.15, 0.2) is 0 Å². The van der Waals surface area contributed by atoms with Gasteiger partial charge in [-0.05, 0) is 47.2 Å². The second-order valence-electron chi connectivity index (χ2n) is 5.26. The molecule has 0 saturated heterocycles. The Bertz CT molecular complexity index is 247. The van der Waals surface area contributed by atoms with Crippen molar-refractivity contribution in [3.63, 3.8) is 0 Å². The largest absolute Gasteiger partial charge is 0.447 e. The summed E-state index contributed by atoms with van der Waals surface area (Å²) in [7, 11) is 5.98. The fourth-order valence-electron chi connectivity index (χ4n) is 2.13. The quantitative estimate of drug-likeness (QED) is 0.737. The van der Waals surface area contributed by atoms with Crippen LogP contribution in [0.3, 0.4) is 0 Å². The van der Waals surface area contributed by atoms with Crippen LogP contribution in [0.2, 0.25) is 0 Å². The van der Waals surface area contributed by atoms with Gasteiger partial charge in [-0.2, -0.15) is 0 Å². The monoisotopic (exact) mass is 228 g/mol. The number of carbonyl (C=O) groups is 1. The van der Waals surface area contributed by atoms with Crippen LogP contribution in [0.25, 0.3) is 0 Å². The number of hydrogen-bond acceptors (Lipinski definition) is 3. The van der Waals surface area contributed by atoms with E-state index in [-0.39, 0.29) is 17.7 Å². The normalized spacial score (nSPS) is 18.4. The molecule has 0 unspecified atom stereocenters. The lowest BCUT2D eigenvalue weighted by atomic mass is 9.75. The Hall–Kier alpha value is -0.770. The van der Waals surface area contributed by atoms with Gasteiger partial charge in [-0.1, -0.05) is 0 Å². The molecule has 0 aromatic carbocycles. The van der Waals surface area contributed by atoms with Crippen LogP contribution in [0.15, 0.2) is 0 Å². The molecule has 0 aliphatic heterocycles. The number of hydrogen-bond donors (Lipinski definition) is 0. The van der Waals surface area contributed by atoms with Crippen molar-refractivity contribution >= 4 is 6.09 Å². The van der Waals surface area contributed by atoms with Crippen LogP contribution in [0.5, 0.6) is 0 Å². The minimum absolute atomic E-state index is 0.0494. The van der Waals surface area contributed by atoms with E-state index in [1.54, 1.807) is 4.90 Å². The molecule has 0 bridgehead atoms. The number of carbonyl (C=O) groups excluding carboxylic acids is 1. The van der Waals surface area contributed by atoms with Gasteiger partial charge in [0.1, 0.15) is 0 Å². The lowest BCUT2D eigenvalue weighted by molar-refractivity contribution is 0.0172. The molecule has 1 aliphatic rings. The van der Waals surface area contributed by atoms with Crippen LogP contribution < -0.4 is 0 Å². The molecule has 1 saturated carbocycles. The Morgan fingerprint density at radius 3 is 2.19 bits per heavy atom. The molecule has 16 heavy (non-hydrogen) atoms. The lowest BCUT2D eigenvalue weighted by Crippen LogP contribution is -2.57. The smallest absolute Gasteiger partial charge is 0.409 e. The summed E-state index contributed by atoms with van der Waals surface area (Å²) in [4.78, 5) is 15.6. The van der Waals surface area contributed by atoms with Crippen LogP contribution in [0.1, 0.15) is 33.1 Å². The van der Waals surface area contributed by atoms with Crippen molar-refractivity contribution in [3.8, 4) is 0 Å². The Kier molecular flexibility index (Phi) is 4.19. The van der Waals surface area contributed by atoms with Gasteiger partial charge in [-0.15, -0.1) is 0 Å². The van der Waals surface area contributed by atoms with Gasteiger partial charge >= 0.3 is 6.09 Å². The first-order chi connectivity index (χ1) is 7.37. The van der Waals surface area contributed by atoms with Crippen molar-refractivity contribution in [2.75, 3.05) is 27.7 Å². The summed E-state index contributed by atoms with van der Waals surface area (Å²) in [5.74, 6) is 0.